The Labute approximate surface area is 116 Å². The van der Waals surface area contributed by atoms with Crippen LogP contribution in [0, 0.1) is 0 Å². The highest BCUT2D eigenvalue weighted by atomic mass is 16.5. The minimum atomic E-state index is -0.356. The summed E-state index contributed by atoms with van der Waals surface area (Å²) in [6, 6.07) is 7.87. The van der Waals surface area contributed by atoms with Crippen LogP contribution in [0.5, 0.6) is 5.75 Å². The lowest BCUT2D eigenvalue weighted by Crippen LogP contribution is -2.09. The number of ketones is 1. The average molecular weight is 272 g/mol. The molecule has 5 heteroatoms. The highest BCUT2D eigenvalue weighted by Gasteiger charge is 2.29. The molecule has 1 aliphatic heterocycles. The van der Waals surface area contributed by atoms with Crippen LogP contribution in [0.3, 0.4) is 0 Å². The van der Waals surface area contributed by atoms with E-state index in [1.54, 1.807) is 6.92 Å². The van der Waals surface area contributed by atoms with Crippen molar-refractivity contribution in [3.05, 3.63) is 41.5 Å². The van der Waals surface area contributed by atoms with Crippen molar-refractivity contribution in [2.75, 3.05) is 0 Å². The smallest absolute Gasteiger partial charge is 0.237 e. The number of ether oxygens (including phenoxy) is 1. The molecule has 1 aliphatic rings. The Bertz CT molecular complexity index is 611. The molecular formula is C15H16N2O3. The quantitative estimate of drug-likeness (QED) is 0.856. The van der Waals surface area contributed by atoms with Crippen molar-refractivity contribution >= 4 is 5.78 Å². The summed E-state index contributed by atoms with van der Waals surface area (Å²) in [4.78, 5) is 16.0. The second-order valence-corrected chi connectivity index (χ2v) is 4.95. The van der Waals surface area contributed by atoms with E-state index in [-0.39, 0.29) is 17.8 Å². The SMILES string of the molecule is CCC(=O)C(C)c1nc(C2Cc3ccccc3O2)no1. The van der Waals surface area contributed by atoms with Gasteiger partial charge in [0.15, 0.2) is 6.10 Å². The number of Topliss-reactive ketones (excluding diaryl/α,β-unsaturated/α-hetero) is 1. The minimum Gasteiger partial charge on any atom is -0.482 e. The Morgan fingerprint density at radius 3 is 3.00 bits per heavy atom. The Kier molecular flexibility index (Phi) is 3.26. The molecule has 0 saturated heterocycles. The molecule has 20 heavy (non-hydrogen) atoms. The van der Waals surface area contributed by atoms with E-state index in [0.717, 1.165) is 17.7 Å². The highest BCUT2D eigenvalue weighted by Crippen LogP contribution is 2.35. The van der Waals surface area contributed by atoms with Crippen LogP contribution < -0.4 is 4.74 Å². The van der Waals surface area contributed by atoms with Gasteiger partial charge in [-0.1, -0.05) is 30.3 Å². The summed E-state index contributed by atoms with van der Waals surface area (Å²) in [5, 5.41) is 3.96. The van der Waals surface area contributed by atoms with Gasteiger partial charge >= 0.3 is 0 Å². The first-order chi connectivity index (χ1) is 9.69. The molecule has 2 heterocycles. The van der Waals surface area contributed by atoms with E-state index >= 15 is 0 Å². The van der Waals surface area contributed by atoms with Crippen LogP contribution in [0.25, 0.3) is 0 Å². The van der Waals surface area contributed by atoms with Gasteiger partial charge in [-0.25, -0.2) is 0 Å². The van der Waals surface area contributed by atoms with Gasteiger partial charge in [0.05, 0.1) is 5.92 Å². The summed E-state index contributed by atoms with van der Waals surface area (Å²) < 4.78 is 11.0. The Morgan fingerprint density at radius 1 is 1.45 bits per heavy atom. The summed E-state index contributed by atoms with van der Waals surface area (Å²) in [5.74, 6) is 1.47. The van der Waals surface area contributed by atoms with Crippen molar-refractivity contribution in [3.8, 4) is 5.75 Å². The molecule has 2 aromatic rings. The molecule has 0 amide bonds. The molecule has 0 aliphatic carbocycles. The Morgan fingerprint density at radius 2 is 2.25 bits per heavy atom. The van der Waals surface area contributed by atoms with Crippen LogP contribution >= 0.6 is 0 Å². The van der Waals surface area contributed by atoms with Gasteiger partial charge in [-0.3, -0.25) is 4.79 Å². The van der Waals surface area contributed by atoms with Gasteiger partial charge in [0.25, 0.3) is 0 Å². The molecule has 0 N–H and O–H groups in total. The monoisotopic (exact) mass is 272 g/mol. The number of hydrogen-bond acceptors (Lipinski definition) is 5. The lowest BCUT2D eigenvalue weighted by molar-refractivity contribution is -0.120. The standard InChI is InChI=1S/C15H16N2O3/c1-3-11(18)9(2)15-16-14(17-20-15)13-8-10-6-4-5-7-12(10)19-13/h4-7,9,13H,3,8H2,1-2H3. The van der Waals surface area contributed by atoms with Crippen LogP contribution in [0.15, 0.2) is 28.8 Å². The normalized spacial score (nSPS) is 18.4. The van der Waals surface area contributed by atoms with Crippen LogP contribution in [0.4, 0.5) is 0 Å². The molecule has 1 aromatic heterocycles. The van der Waals surface area contributed by atoms with Crippen LogP contribution in [-0.2, 0) is 11.2 Å². The Hall–Kier alpha value is -2.17. The maximum Gasteiger partial charge on any atom is 0.237 e. The van der Waals surface area contributed by atoms with Gasteiger partial charge in [-0.05, 0) is 18.6 Å². The number of carbonyl (C=O) groups excluding carboxylic acids is 1. The number of aromatic nitrogens is 2. The third-order valence-electron chi connectivity index (χ3n) is 3.59. The van der Waals surface area contributed by atoms with Crippen LogP contribution in [0.1, 0.15) is 49.6 Å². The zero-order chi connectivity index (χ0) is 14.1. The molecule has 2 atom stereocenters. The second kappa shape index (κ2) is 5.07. The van der Waals surface area contributed by atoms with E-state index in [1.165, 1.54) is 0 Å². The van der Waals surface area contributed by atoms with Gasteiger partial charge in [-0.2, -0.15) is 4.98 Å². The molecule has 0 bridgehead atoms. The fourth-order valence-electron chi connectivity index (χ4n) is 2.32. The molecule has 1 aromatic carbocycles. The molecule has 0 saturated carbocycles. The maximum absolute atomic E-state index is 11.7. The van der Waals surface area contributed by atoms with E-state index in [2.05, 4.69) is 10.1 Å². The van der Waals surface area contributed by atoms with Crippen molar-refractivity contribution in [3.63, 3.8) is 0 Å². The van der Waals surface area contributed by atoms with Crippen molar-refractivity contribution in [1.29, 1.82) is 0 Å². The first kappa shape index (κ1) is 12.8. The molecule has 0 radical (unpaired) electrons. The van der Waals surface area contributed by atoms with Gasteiger partial charge in [0, 0.05) is 12.8 Å². The summed E-state index contributed by atoms with van der Waals surface area (Å²) in [6.07, 6.45) is 0.962. The van der Waals surface area contributed by atoms with E-state index < -0.39 is 0 Å². The molecule has 0 fully saturated rings. The third kappa shape index (κ3) is 2.19. The first-order valence-electron chi connectivity index (χ1n) is 6.79. The summed E-state index contributed by atoms with van der Waals surface area (Å²) in [6.45, 7) is 3.61. The topological polar surface area (TPSA) is 65.2 Å². The van der Waals surface area contributed by atoms with Gasteiger partial charge < -0.3 is 9.26 Å². The summed E-state index contributed by atoms with van der Waals surface area (Å²) in [5.41, 5.74) is 1.14. The number of hydrogen-bond donors (Lipinski definition) is 0. The molecular weight excluding hydrogens is 256 g/mol. The van der Waals surface area contributed by atoms with E-state index in [4.69, 9.17) is 9.26 Å². The minimum absolute atomic E-state index is 0.0934. The third-order valence-corrected chi connectivity index (χ3v) is 3.59. The maximum atomic E-state index is 11.7. The second-order valence-electron chi connectivity index (χ2n) is 4.95. The number of rotatable bonds is 4. The fourth-order valence-corrected chi connectivity index (χ4v) is 2.32. The number of fused-ring (bicyclic) bond motifs is 1. The lowest BCUT2D eigenvalue weighted by atomic mass is 10.1. The number of para-hydroxylation sites is 1. The Balaban J connectivity index is 1.78. The van der Waals surface area contributed by atoms with Gasteiger partial charge in [0.2, 0.25) is 11.7 Å². The van der Waals surface area contributed by atoms with E-state index in [1.807, 2.05) is 31.2 Å². The molecule has 2 unspecified atom stereocenters. The molecule has 5 nitrogen and oxygen atoms in total. The van der Waals surface area contributed by atoms with Crippen molar-refractivity contribution in [2.24, 2.45) is 0 Å². The first-order valence-corrected chi connectivity index (χ1v) is 6.79. The predicted molar refractivity (Wildman–Crippen MR) is 71.5 cm³/mol. The van der Waals surface area contributed by atoms with Gasteiger partial charge in [0.1, 0.15) is 11.5 Å². The predicted octanol–water partition coefficient (Wildman–Crippen LogP) is 2.83. The fraction of sp³-hybridized carbons (Fsp3) is 0.400. The van der Waals surface area contributed by atoms with E-state index in [0.29, 0.717) is 18.1 Å². The zero-order valence-electron chi connectivity index (χ0n) is 11.5. The number of carbonyl (C=O) groups is 1. The largest absolute Gasteiger partial charge is 0.482 e. The summed E-state index contributed by atoms with van der Waals surface area (Å²) in [7, 11) is 0. The van der Waals surface area contributed by atoms with Crippen LogP contribution in [0.2, 0.25) is 0 Å². The van der Waals surface area contributed by atoms with Crippen LogP contribution in [-0.4, -0.2) is 15.9 Å². The zero-order valence-corrected chi connectivity index (χ0v) is 11.5. The molecule has 104 valence electrons. The van der Waals surface area contributed by atoms with E-state index in [9.17, 15) is 4.79 Å². The van der Waals surface area contributed by atoms with Crippen molar-refractivity contribution in [1.82, 2.24) is 10.1 Å². The lowest BCUT2D eigenvalue weighted by Gasteiger charge is -2.05. The molecule has 0 spiro atoms. The van der Waals surface area contributed by atoms with Gasteiger partial charge in [-0.15, -0.1) is 0 Å². The average Bonchev–Trinajstić information content (AvgIpc) is 3.11. The summed E-state index contributed by atoms with van der Waals surface area (Å²) >= 11 is 0. The number of nitrogens with zero attached hydrogens (tertiary/aromatic N) is 2. The molecule has 3 rings (SSSR count). The van der Waals surface area contributed by atoms with Crippen molar-refractivity contribution in [2.45, 2.75) is 38.7 Å². The highest BCUT2D eigenvalue weighted by molar-refractivity contribution is 5.83. The van der Waals surface area contributed by atoms with Crippen molar-refractivity contribution < 1.29 is 14.1 Å². The number of benzene rings is 1.